The summed E-state index contributed by atoms with van der Waals surface area (Å²) in [5, 5.41) is 11.6. The number of aryl methyl sites for hydroxylation is 1. The van der Waals surface area contributed by atoms with Gasteiger partial charge < -0.3 is 15.4 Å². The van der Waals surface area contributed by atoms with Crippen molar-refractivity contribution in [1.82, 2.24) is 19.9 Å². The zero-order valence-electron chi connectivity index (χ0n) is 8.94. The van der Waals surface area contributed by atoms with Crippen LogP contribution in [0.1, 0.15) is 5.82 Å². The lowest BCUT2D eigenvalue weighted by Gasteiger charge is -1.99. The first kappa shape index (κ1) is 10.6. The fourth-order valence-electron chi connectivity index (χ4n) is 1.32. The van der Waals surface area contributed by atoms with Gasteiger partial charge in [-0.3, -0.25) is 0 Å². The minimum Gasteiger partial charge on any atom is -0.392 e. The Labute approximate surface area is 92.5 Å². The van der Waals surface area contributed by atoms with Crippen LogP contribution in [0.2, 0.25) is 0 Å². The number of fused-ring (bicyclic) bond motifs is 1. The Morgan fingerprint density at radius 3 is 3.12 bits per heavy atom. The Hall–Kier alpha value is -1.95. The second kappa shape index (κ2) is 4.71. The van der Waals surface area contributed by atoms with E-state index in [1.165, 1.54) is 0 Å². The summed E-state index contributed by atoms with van der Waals surface area (Å²) >= 11 is 0. The maximum Gasteiger partial charge on any atom is 0.225 e. The number of anilines is 1. The van der Waals surface area contributed by atoms with Crippen LogP contribution in [-0.4, -0.2) is 38.2 Å². The number of aromatic nitrogens is 4. The van der Waals surface area contributed by atoms with E-state index in [1.807, 2.05) is 13.0 Å². The van der Waals surface area contributed by atoms with Crippen LogP contribution in [0.4, 0.5) is 5.95 Å². The summed E-state index contributed by atoms with van der Waals surface area (Å²) in [5.41, 5.74) is 1.48. The average Bonchev–Trinajstić information content (AvgIpc) is 2.64. The minimum absolute atomic E-state index is 0.0418. The van der Waals surface area contributed by atoms with E-state index < -0.39 is 0 Å². The van der Waals surface area contributed by atoms with Gasteiger partial charge in [0.25, 0.3) is 0 Å². The molecule has 6 heteroatoms. The van der Waals surface area contributed by atoms with Crippen molar-refractivity contribution in [3.63, 3.8) is 0 Å². The van der Waals surface area contributed by atoms with Crippen molar-refractivity contribution in [2.45, 2.75) is 6.92 Å². The Balaban J connectivity index is 2.10. The minimum atomic E-state index is 0.0418. The predicted molar refractivity (Wildman–Crippen MR) is 61.1 cm³/mol. The highest BCUT2D eigenvalue weighted by atomic mass is 16.2. The molecule has 2 aromatic rings. The van der Waals surface area contributed by atoms with Crippen LogP contribution >= 0.6 is 0 Å². The summed E-state index contributed by atoms with van der Waals surface area (Å²) in [6.07, 6.45) is 5.16. The molecule has 16 heavy (non-hydrogen) atoms. The Morgan fingerprint density at radius 2 is 2.31 bits per heavy atom. The van der Waals surface area contributed by atoms with E-state index in [0.717, 1.165) is 11.3 Å². The molecule has 0 saturated heterocycles. The summed E-state index contributed by atoms with van der Waals surface area (Å²) in [6.45, 7) is 2.49. The van der Waals surface area contributed by atoms with Gasteiger partial charge in [0, 0.05) is 6.54 Å². The molecule has 84 valence electrons. The van der Waals surface area contributed by atoms with E-state index in [2.05, 4.69) is 25.3 Å². The van der Waals surface area contributed by atoms with Crippen molar-refractivity contribution < 1.29 is 5.11 Å². The third-order valence-corrected chi connectivity index (χ3v) is 2.01. The molecule has 6 nitrogen and oxygen atoms in total. The Morgan fingerprint density at radius 1 is 1.44 bits per heavy atom. The van der Waals surface area contributed by atoms with Crippen LogP contribution in [0.25, 0.3) is 11.2 Å². The molecule has 0 aliphatic rings. The molecule has 0 saturated carbocycles. The van der Waals surface area contributed by atoms with E-state index in [-0.39, 0.29) is 6.61 Å². The second-order valence-corrected chi connectivity index (χ2v) is 3.29. The van der Waals surface area contributed by atoms with Gasteiger partial charge in [-0.05, 0) is 6.92 Å². The zero-order valence-corrected chi connectivity index (χ0v) is 8.94. The molecule has 0 aromatic carbocycles. The first-order valence-electron chi connectivity index (χ1n) is 4.98. The number of H-pyrrole nitrogens is 1. The summed E-state index contributed by atoms with van der Waals surface area (Å²) in [5.74, 6) is 1.35. The third-order valence-electron chi connectivity index (χ3n) is 2.01. The zero-order chi connectivity index (χ0) is 11.4. The van der Waals surface area contributed by atoms with Crippen molar-refractivity contribution >= 4 is 17.1 Å². The second-order valence-electron chi connectivity index (χ2n) is 3.29. The fourth-order valence-corrected chi connectivity index (χ4v) is 1.32. The van der Waals surface area contributed by atoms with Gasteiger partial charge in [-0.15, -0.1) is 0 Å². The molecule has 0 aliphatic heterocycles. The summed E-state index contributed by atoms with van der Waals surface area (Å²) in [7, 11) is 0. The van der Waals surface area contributed by atoms with E-state index >= 15 is 0 Å². The van der Waals surface area contributed by atoms with Crippen LogP contribution in [0.15, 0.2) is 18.3 Å². The number of imidazole rings is 1. The summed E-state index contributed by atoms with van der Waals surface area (Å²) in [6, 6.07) is 0. The first-order valence-corrected chi connectivity index (χ1v) is 4.98. The summed E-state index contributed by atoms with van der Waals surface area (Å²) < 4.78 is 0. The van der Waals surface area contributed by atoms with Crippen LogP contribution < -0.4 is 5.32 Å². The average molecular weight is 219 g/mol. The number of hydrogen-bond donors (Lipinski definition) is 3. The normalized spacial score (nSPS) is 11.4. The molecule has 0 aliphatic carbocycles. The number of nitrogens with one attached hydrogen (secondary N) is 2. The molecule has 0 radical (unpaired) electrons. The highest BCUT2D eigenvalue weighted by Gasteiger charge is 2.02. The van der Waals surface area contributed by atoms with Crippen molar-refractivity contribution in [3.8, 4) is 0 Å². The molecule has 0 bridgehead atoms. The van der Waals surface area contributed by atoms with Gasteiger partial charge in [0.15, 0.2) is 5.65 Å². The van der Waals surface area contributed by atoms with Gasteiger partial charge in [0.05, 0.1) is 12.8 Å². The Kier molecular flexibility index (Phi) is 3.11. The predicted octanol–water partition coefficient (Wildman–Crippen LogP) is 0.622. The van der Waals surface area contributed by atoms with E-state index in [0.29, 0.717) is 18.1 Å². The van der Waals surface area contributed by atoms with Crippen molar-refractivity contribution in [3.05, 3.63) is 24.2 Å². The molecule has 2 heterocycles. The lowest BCUT2D eigenvalue weighted by Crippen LogP contribution is -2.03. The van der Waals surface area contributed by atoms with Crippen LogP contribution in [-0.2, 0) is 0 Å². The maximum atomic E-state index is 8.55. The van der Waals surface area contributed by atoms with E-state index in [1.54, 1.807) is 12.3 Å². The third kappa shape index (κ3) is 2.34. The Bertz CT molecular complexity index is 505. The largest absolute Gasteiger partial charge is 0.392 e. The van der Waals surface area contributed by atoms with Crippen molar-refractivity contribution in [1.29, 1.82) is 0 Å². The summed E-state index contributed by atoms with van der Waals surface area (Å²) in [4.78, 5) is 15.6. The molecule has 2 rings (SSSR count). The van der Waals surface area contributed by atoms with Gasteiger partial charge in [-0.1, -0.05) is 12.2 Å². The monoisotopic (exact) mass is 219 g/mol. The number of aliphatic hydroxyl groups excluding tert-OH is 1. The van der Waals surface area contributed by atoms with Gasteiger partial charge in [-0.2, -0.15) is 4.98 Å². The fraction of sp³-hybridized carbons (Fsp3) is 0.300. The molecule has 2 aromatic heterocycles. The molecule has 0 unspecified atom stereocenters. The van der Waals surface area contributed by atoms with Gasteiger partial charge in [-0.25, -0.2) is 9.97 Å². The van der Waals surface area contributed by atoms with Gasteiger partial charge in [0.2, 0.25) is 5.95 Å². The molecule has 0 atom stereocenters. The number of aromatic amines is 1. The lowest BCUT2D eigenvalue weighted by molar-refractivity contribution is 0.342. The molecular formula is C10H13N5O. The molecule has 0 amide bonds. The van der Waals surface area contributed by atoms with E-state index in [4.69, 9.17) is 5.11 Å². The number of nitrogens with zero attached hydrogens (tertiary/aromatic N) is 3. The number of rotatable bonds is 4. The molecule has 0 spiro atoms. The van der Waals surface area contributed by atoms with Crippen LogP contribution in [0.3, 0.4) is 0 Å². The molecule has 3 N–H and O–H groups in total. The number of aliphatic hydroxyl groups is 1. The van der Waals surface area contributed by atoms with Gasteiger partial charge >= 0.3 is 0 Å². The van der Waals surface area contributed by atoms with Crippen molar-refractivity contribution in [2.24, 2.45) is 0 Å². The smallest absolute Gasteiger partial charge is 0.225 e. The van der Waals surface area contributed by atoms with Crippen LogP contribution in [0, 0.1) is 6.92 Å². The topological polar surface area (TPSA) is 86.7 Å². The molecular weight excluding hydrogens is 206 g/mol. The van der Waals surface area contributed by atoms with Crippen LogP contribution in [0.5, 0.6) is 0 Å². The molecule has 0 fully saturated rings. The number of hydrogen-bond acceptors (Lipinski definition) is 5. The quantitative estimate of drug-likeness (QED) is 0.656. The van der Waals surface area contributed by atoms with Gasteiger partial charge in [0.1, 0.15) is 11.3 Å². The van der Waals surface area contributed by atoms with Crippen molar-refractivity contribution in [2.75, 3.05) is 18.5 Å². The standard InChI is InChI=1S/C10H13N5O/c1-7-13-8-6-12-10(15-9(8)14-7)11-4-2-3-5-16/h2-3,6,16H,4-5H2,1H3,(H2,11,12,13,14,15). The first-order chi connectivity index (χ1) is 7.79. The SMILES string of the molecule is Cc1nc2nc(NCC=CCO)ncc2[nH]1. The highest BCUT2D eigenvalue weighted by molar-refractivity contribution is 5.70. The van der Waals surface area contributed by atoms with E-state index in [9.17, 15) is 0 Å². The lowest BCUT2D eigenvalue weighted by atomic mass is 10.5. The maximum absolute atomic E-state index is 8.55. The highest BCUT2D eigenvalue weighted by Crippen LogP contribution is 2.08.